The van der Waals surface area contributed by atoms with Gasteiger partial charge in [0.2, 0.25) is 17.7 Å². The van der Waals surface area contributed by atoms with Crippen molar-refractivity contribution in [3.63, 3.8) is 0 Å². The van der Waals surface area contributed by atoms with Crippen molar-refractivity contribution in [1.82, 2.24) is 16.0 Å². The van der Waals surface area contributed by atoms with Crippen molar-refractivity contribution in [3.05, 3.63) is 0 Å². The normalized spacial score (nSPS) is 16.0. The highest BCUT2D eigenvalue weighted by atomic mass is 32.1. The summed E-state index contributed by atoms with van der Waals surface area (Å²) in [7, 11) is 0. The molecule has 0 aromatic rings. The highest BCUT2D eigenvalue weighted by molar-refractivity contribution is 7.80. The summed E-state index contributed by atoms with van der Waals surface area (Å²) in [4.78, 5) is 59.4. The molecule has 0 aliphatic heterocycles. The van der Waals surface area contributed by atoms with Crippen LogP contribution in [0, 0.1) is 11.8 Å². The van der Waals surface area contributed by atoms with Gasteiger partial charge in [-0.3, -0.25) is 19.2 Å². The van der Waals surface area contributed by atoms with Crippen LogP contribution in [0.2, 0.25) is 0 Å². The Balaban J connectivity index is 5.36. The van der Waals surface area contributed by atoms with Gasteiger partial charge < -0.3 is 31.9 Å². The van der Waals surface area contributed by atoms with Gasteiger partial charge in [-0.1, -0.05) is 34.1 Å². The highest BCUT2D eigenvalue weighted by Crippen LogP contribution is 2.10. The molecule has 0 spiro atoms. The molecule has 30 heavy (non-hydrogen) atoms. The van der Waals surface area contributed by atoms with E-state index in [1.165, 1.54) is 0 Å². The molecule has 172 valence electrons. The van der Waals surface area contributed by atoms with Crippen molar-refractivity contribution in [2.45, 2.75) is 64.7 Å². The first-order chi connectivity index (χ1) is 13.8. The van der Waals surface area contributed by atoms with E-state index in [4.69, 9.17) is 15.9 Å². The largest absolute Gasteiger partial charge is 0.481 e. The van der Waals surface area contributed by atoms with Crippen LogP contribution in [0.4, 0.5) is 0 Å². The third kappa shape index (κ3) is 8.99. The van der Waals surface area contributed by atoms with E-state index in [9.17, 15) is 24.0 Å². The quantitative estimate of drug-likeness (QED) is 0.174. The second-order valence-electron chi connectivity index (χ2n) is 7.38. The molecule has 3 amide bonds. The Labute approximate surface area is 180 Å². The lowest BCUT2D eigenvalue weighted by atomic mass is 9.97. The molecule has 0 radical (unpaired) electrons. The van der Waals surface area contributed by atoms with Crippen molar-refractivity contribution in [2.24, 2.45) is 17.6 Å². The van der Waals surface area contributed by atoms with Gasteiger partial charge in [0.15, 0.2) is 0 Å². The smallest absolute Gasteiger partial charge is 0.326 e. The Hall–Kier alpha value is -2.34. The first-order valence-electron chi connectivity index (χ1n) is 9.57. The van der Waals surface area contributed by atoms with E-state index >= 15 is 0 Å². The summed E-state index contributed by atoms with van der Waals surface area (Å²) >= 11 is 4.06. The predicted molar refractivity (Wildman–Crippen MR) is 112 cm³/mol. The van der Waals surface area contributed by atoms with Gasteiger partial charge in [0.25, 0.3) is 0 Å². The zero-order chi connectivity index (χ0) is 23.6. The number of hydrogen-bond donors (Lipinski definition) is 7. The predicted octanol–water partition coefficient (Wildman–Crippen LogP) is -1.04. The highest BCUT2D eigenvalue weighted by Gasteiger charge is 2.33. The number of rotatable bonds is 13. The molecule has 5 unspecified atom stereocenters. The summed E-state index contributed by atoms with van der Waals surface area (Å²) in [6, 6.07) is -4.69. The van der Waals surface area contributed by atoms with Crippen LogP contribution in [0.15, 0.2) is 0 Å². The Bertz CT molecular complexity index is 644. The van der Waals surface area contributed by atoms with E-state index < -0.39 is 66.2 Å². The number of carboxylic acids is 2. The zero-order valence-corrected chi connectivity index (χ0v) is 18.4. The fourth-order valence-electron chi connectivity index (χ4n) is 2.36. The molecule has 0 aliphatic rings. The van der Waals surface area contributed by atoms with Crippen LogP contribution in [0.1, 0.15) is 40.5 Å². The van der Waals surface area contributed by atoms with E-state index in [0.717, 1.165) is 0 Å². The second-order valence-corrected chi connectivity index (χ2v) is 7.75. The van der Waals surface area contributed by atoms with Gasteiger partial charge in [-0.15, -0.1) is 0 Å². The molecule has 5 atom stereocenters. The first-order valence-corrected chi connectivity index (χ1v) is 10.2. The summed E-state index contributed by atoms with van der Waals surface area (Å²) in [5.41, 5.74) is 5.77. The van der Waals surface area contributed by atoms with Gasteiger partial charge >= 0.3 is 11.9 Å². The average molecular weight is 449 g/mol. The van der Waals surface area contributed by atoms with Crippen LogP contribution in [0.3, 0.4) is 0 Å². The van der Waals surface area contributed by atoms with Crippen molar-refractivity contribution in [1.29, 1.82) is 0 Å². The number of nitrogens with two attached hydrogens (primary N) is 1. The summed E-state index contributed by atoms with van der Waals surface area (Å²) in [6.07, 6.45) is -0.351. The van der Waals surface area contributed by atoms with E-state index in [1.54, 1.807) is 27.7 Å². The molecule has 0 bridgehead atoms. The number of aliphatic carboxylic acids is 2. The molecular formula is C18H32N4O7S. The fourth-order valence-corrected chi connectivity index (χ4v) is 2.61. The third-order valence-corrected chi connectivity index (χ3v) is 4.99. The number of thiol groups is 1. The van der Waals surface area contributed by atoms with Crippen LogP contribution in [-0.2, 0) is 24.0 Å². The summed E-state index contributed by atoms with van der Waals surface area (Å²) < 4.78 is 0. The van der Waals surface area contributed by atoms with Gasteiger partial charge in [-0.2, -0.15) is 12.6 Å². The minimum Gasteiger partial charge on any atom is -0.481 e. The number of hydrogen-bond acceptors (Lipinski definition) is 7. The molecule has 0 aromatic heterocycles. The van der Waals surface area contributed by atoms with Crippen LogP contribution in [-0.4, -0.2) is 69.8 Å². The first kappa shape index (κ1) is 27.7. The van der Waals surface area contributed by atoms with Crippen molar-refractivity contribution in [2.75, 3.05) is 5.75 Å². The number of amides is 3. The van der Waals surface area contributed by atoms with Crippen LogP contribution in [0.25, 0.3) is 0 Å². The van der Waals surface area contributed by atoms with E-state index in [1.807, 2.05) is 0 Å². The Morgan fingerprint density at radius 1 is 0.900 bits per heavy atom. The van der Waals surface area contributed by atoms with Gasteiger partial charge in [-0.05, 0) is 11.8 Å². The lowest BCUT2D eigenvalue weighted by molar-refractivity contribution is -0.147. The van der Waals surface area contributed by atoms with Gasteiger partial charge in [0, 0.05) is 5.75 Å². The van der Waals surface area contributed by atoms with E-state index in [-0.39, 0.29) is 11.7 Å². The number of nitrogens with one attached hydrogen (secondary N) is 3. The third-order valence-electron chi connectivity index (χ3n) is 4.62. The second kappa shape index (κ2) is 13.1. The van der Waals surface area contributed by atoms with Gasteiger partial charge in [0.05, 0.1) is 12.5 Å². The summed E-state index contributed by atoms with van der Waals surface area (Å²) in [5.74, 6) is -5.61. The van der Waals surface area contributed by atoms with Crippen molar-refractivity contribution >= 4 is 42.3 Å². The number of carbonyl (C=O) groups excluding carboxylic acids is 3. The monoisotopic (exact) mass is 448 g/mol. The van der Waals surface area contributed by atoms with Crippen LogP contribution < -0.4 is 21.7 Å². The van der Waals surface area contributed by atoms with E-state index in [0.29, 0.717) is 6.42 Å². The molecule has 0 heterocycles. The Kier molecular flexibility index (Phi) is 12.0. The van der Waals surface area contributed by atoms with Crippen molar-refractivity contribution < 1.29 is 34.2 Å². The lowest BCUT2D eigenvalue weighted by Gasteiger charge is -2.27. The maximum absolute atomic E-state index is 12.6. The molecular weight excluding hydrogens is 416 g/mol. The van der Waals surface area contributed by atoms with Gasteiger partial charge in [-0.25, -0.2) is 4.79 Å². The fraction of sp³-hybridized carbons (Fsp3) is 0.722. The summed E-state index contributed by atoms with van der Waals surface area (Å²) in [6.45, 7) is 6.93. The Morgan fingerprint density at radius 2 is 1.43 bits per heavy atom. The average Bonchev–Trinajstić information content (AvgIpc) is 2.67. The summed E-state index contributed by atoms with van der Waals surface area (Å²) in [5, 5.41) is 25.0. The number of carbonyl (C=O) groups is 5. The topological polar surface area (TPSA) is 188 Å². The van der Waals surface area contributed by atoms with Crippen LogP contribution >= 0.6 is 12.6 Å². The maximum atomic E-state index is 12.6. The maximum Gasteiger partial charge on any atom is 0.326 e. The molecule has 12 heteroatoms. The number of carboxylic acid groups (broad SMARTS) is 2. The van der Waals surface area contributed by atoms with Crippen molar-refractivity contribution in [3.8, 4) is 0 Å². The molecule has 0 saturated carbocycles. The molecule has 0 fully saturated rings. The molecule has 11 nitrogen and oxygen atoms in total. The van der Waals surface area contributed by atoms with Gasteiger partial charge in [0.1, 0.15) is 18.1 Å². The molecule has 7 N–H and O–H groups in total. The zero-order valence-electron chi connectivity index (χ0n) is 17.5. The lowest BCUT2D eigenvalue weighted by Crippen LogP contribution is -2.59. The SMILES string of the molecule is CCC(C)C(NC(=O)C(CS)NC(=O)C(N)C(C)C)C(=O)NC(CC(=O)O)C(=O)O. The molecule has 0 aliphatic carbocycles. The minimum atomic E-state index is -1.65. The molecule has 0 rings (SSSR count). The van der Waals surface area contributed by atoms with Crippen LogP contribution in [0.5, 0.6) is 0 Å². The molecule has 0 saturated heterocycles. The molecule has 0 aromatic carbocycles. The minimum absolute atomic E-state index is 0.0615. The standard InChI is InChI=1S/C18H32N4O7S/c1-5-9(4)14(17(27)20-10(18(28)29)6-12(23)24)22-15(25)11(7-30)21-16(26)13(19)8(2)3/h8-11,13-14,30H,5-7,19H2,1-4H3,(H,20,27)(H,21,26)(H,22,25)(H,23,24)(H,28,29). The van der Waals surface area contributed by atoms with E-state index in [2.05, 4.69) is 28.6 Å². The Morgan fingerprint density at radius 3 is 1.83 bits per heavy atom.